The summed E-state index contributed by atoms with van der Waals surface area (Å²) < 4.78 is 5.16. The van der Waals surface area contributed by atoms with Gasteiger partial charge in [0.2, 0.25) is 0 Å². The van der Waals surface area contributed by atoms with Crippen LogP contribution in [0.15, 0.2) is 127 Å². The highest BCUT2D eigenvalue weighted by atomic mass is 31.1. The molecule has 0 saturated heterocycles. The summed E-state index contributed by atoms with van der Waals surface area (Å²) in [7, 11) is -0.906. The number of hydrogen-bond acceptors (Lipinski definition) is 2. The van der Waals surface area contributed by atoms with Gasteiger partial charge >= 0.3 is 0 Å². The molecule has 0 spiro atoms. The topological polar surface area (TPSA) is 6.48 Å². The standard InChI is InChI=1S/C33H27N2P/c1-33(2)27-19-10-9-18-26(27)32-28(33)20-13-23-31(32)35-30-22-12-11-21-29(30)34(24-14-5-3-6-15-24)36(35)25-16-7-4-8-17-25/h3-23H,1-2H3. The number of hydrogen-bond donors (Lipinski definition) is 0. The second-order valence-corrected chi connectivity index (χ2v) is 11.8. The highest BCUT2D eigenvalue weighted by Crippen LogP contribution is 2.67. The Balaban J connectivity index is 1.53. The molecular weight excluding hydrogens is 455 g/mol. The Hall–Kier alpha value is -3.87. The maximum Gasteiger partial charge on any atom is 0.138 e. The van der Waals surface area contributed by atoms with E-state index in [4.69, 9.17) is 0 Å². The minimum atomic E-state index is -0.906. The highest BCUT2D eigenvalue weighted by molar-refractivity contribution is 7.70. The van der Waals surface area contributed by atoms with Gasteiger partial charge in [-0.3, -0.25) is 9.34 Å². The summed E-state index contributed by atoms with van der Waals surface area (Å²) in [5.41, 5.74) is 10.5. The molecule has 3 heteroatoms. The van der Waals surface area contributed by atoms with Crippen molar-refractivity contribution in [3.8, 4) is 11.1 Å². The van der Waals surface area contributed by atoms with Gasteiger partial charge in [0.05, 0.1) is 17.1 Å². The Kier molecular flexibility index (Phi) is 4.81. The molecule has 0 radical (unpaired) electrons. The third-order valence-corrected chi connectivity index (χ3v) is 9.91. The van der Waals surface area contributed by atoms with Crippen molar-refractivity contribution < 1.29 is 0 Å². The Labute approximate surface area is 214 Å². The number of para-hydroxylation sites is 3. The quantitative estimate of drug-likeness (QED) is 0.237. The molecule has 1 aliphatic heterocycles. The Morgan fingerprint density at radius 3 is 1.81 bits per heavy atom. The van der Waals surface area contributed by atoms with E-state index >= 15 is 0 Å². The molecule has 1 heterocycles. The van der Waals surface area contributed by atoms with Crippen molar-refractivity contribution in [2.45, 2.75) is 19.3 Å². The predicted molar refractivity (Wildman–Crippen MR) is 154 cm³/mol. The first-order chi connectivity index (χ1) is 17.7. The fraction of sp³-hybridized carbons (Fsp3) is 0.0909. The van der Waals surface area contributed by atoms with Gasteiger partial charge in [0, 0.05) is 22.0 Å². The summed E-state index contributed by atoms with van der Waals surface area (Å²) >= 11 is 0. The van der Waals surface area contributed by atoms with Gasteiger partial charge in [-0.25, -0.2) is 0 Å². The molecule has 0 N–H and O–H groups in total. The number of anilines is 4. The van der Waals surface area contributed by atoms with Gasteiger partial charge in [0.1, 0.15) is 8.22 Å². The van der Waals surface area contributed by atoms with Crippen LogP contribution in [0.4, 0.5) is 22.7 Å². The van der Waals surface area contributed by atoms with Crippen molar-refractivity contribution in [2.75, 3.05) is 9.34 Å². The first-order valence-corrected chi connectivity index (χ1v) is 13.7. The van der Waals surface area contributed by atoms with Crippen molar-refractivity contribution in [1.29, 1.82) is 0 Å². The summed E-state index contributed by atoms with van der Waals surface area (Å²) in [6.45, 7) is 4.71. The summed E-state index contributed by atoms with van der Waals surface area (Å²) in [4.78, 5) is 0. The van der Waals surface area contributed by atoms with Gasteiger partial charge in [0.15, 0.2) is 0 Å². The van der Waals surface area contributed by atoms with E-state index in [2.05, 4.69) is 151 Å². The van der Waals surface area contributed by atoms with Crippen LogP contribution in [0.5, 0.6) is 0 Å². The van der Waals surface area contributed by atoms with Crippen molar-refractivity contribution in [2.24, 2.45) is 0 Å². The van der Waals surface area contributed by atoms with Crippen LogP contribution in [0.2, 0.25) is 0 Å². The molecule has 174 valence electrons. The summed E-state index contributed by atoms with van der Waals surface area (Å²) in [5.74, 6) is 0. The van der Waals surface area contributed by atoms with Crippen LogP contribution in [0.3, 0.4) is 0 Å². The molecule has 0 fully saturated rings. The molecule has 2 nitrogen and oxygen atoms in total. The maximum absolute atomic E-state index is 2.62. The third-order valence-electron chi connectivity index (χ3n) is 7.52. The summed E-state index contributed by atoms with van der Waals surface area (Å²) in [6.07, 6.45) is 0. The molecule has 1 unspecified atom stereocenters. The Bertz CT molecular complexity index is 1580. The monoisotopic (exact) mass is 482 g/mol. The zero-order chi connectivity index (χ0) is 24.3. The smallest absolute Gasteiger partial charge is 0.138 e. The van der Waals surface area contributed by atoms with E-state index in [0.29, 0.717) is 0 Å². The van der Waals surface area contributed by atoms with Crippen LogP contribution in [0.1, 0.15) is 25.0 Å². The summed E-state index contributed by atoms with van der Waals surface area (Å²) in [6, 6.07) is 46.5. The van der Waals surface area contributed by atoms with Gasteiger partial charge in [0.25, 0.3) is 0 Å². The number of nitrogens with zero attached hydrogens (tertiary/aromatic N) is 2. The maximum atomic E-state index is 2.62. The van der Waals surface area contributed by atoms with E-state index in [0.717, 1.165) is 0 Å². The Morgan fingerprint density at radius 2 is 1.06 bits per heavy atom. The lowest BCUT2D eigenvalue weighted by atomic mass is 9.82. The van der Waals surface area contributed by atoms with E-state index in [1.165, 1.54) is 50.3 Å². The molecule has 0 bridgehead atoms. The van der Waals surface area contributed by atoms with E-state index in [1.54, 1.807) is 0 Å². The largest absolute Gasteiger partial charge is 0.297 e. The lowest BCUT2D eigenvalue weighted by Crippen LogP contribution is -2.22. The van der Waals surface area contributed by atoms with Gasteiger partial charge in [-0.1, -0.05) is 111 Å². The normalized spacial score (nSPS) is 17.0. The molecule has 1 atom stereocenters. The minimum absolute atomic E-state index is 0.0319. The molecule has 5 aromatic rings. The fourth-order valence-corrected chi connectivity index (χ4v) is 8.42. The van der Waals surface area contributed by atoms with Crippen LogP contribution in [-0.2, 0) is 5.41 Å². The lowest BCUT2D eigenvalue weighted by molar-refractivity contribution is 0.660. The molecule has 2 aliphatic rings. The van der Waals surface area contributed by atoms with Crippen LogP contribution in [0, 0.1) is 0 Å². The van der Waals surface area contributed by atoms with Crippen LogP contribution < -0.4 is 14.6 Å². The molecule has 0 amide bonds. The predicted octanol–water partition coefficient (Wildman–Crippen LogP) is 8.92. The van der Waals surface area contributed by atoms with E-state index in [-0.39, 0.29) is 5.41 Å². The molecule has 7 rings (SSSR count). The van der Waals surface area contributed by atoms with E-state index in [9.17, 15) is 0 Å². The lowest BCUT2D eigenvalue weighted by Gasteiger charge is -2.34. The van der Waals surface area contributed by atoms with Gasteiger partial charge in [-0.15, -0.1) is 0 Å². The molecule has 0 saturated carbocycles. The second-order valence-electron chi connectivity index (χ2n) is 9.94. The van der Waals surface area contributed by atoms with Gasteiger partial charge in [-0.2, -0.15) is 0 Å². The second kappa shape index (κ2) is 8.08. The van der Waals surface area contributed by atoms with Crippen LogP contribution >= 0.6 is 8.22 Å². The van der Waals surface area contributed by atoms with Crippen molar-refractivity contribution in [3.05, 3.63) is 139 Å². The third kappa shape index (κ3) is 3.01. The SMILES string of the molecule is CC1(C)c2ccccc2-c2c(N3c4ccccc4N(c4ccccc4)P3c3ccccc3)cccc21. The fourth-order valence-electron chi connectivity index (χ4n) is 5.87. The molecular formula is C33H27N2P. The molecule has 0 aromatic heterocycles. The molecule has 36 heavy (non-hydrogen) atoms. The number of benzene rings is 5. The van der Waals surface area contributed by atoms with E-state index in [1.807, 2.05) is 0 Å². The molecule has 1 aliphatic carbocycles. The summed E-state index contributed by atoms with van der Waals surface area (Å²) in [5, 5.41) is 1.33. The Morgan fingerprint density at radius 1 is 0.500 bits per heavy atom. The van der Waals surface area contributed by atoms with Crippen molar-refractivity contribution in [1.82, 2.24) is 0 Å². The van der Waals surface area contributed by atoms with Crippen LogP contribution in [0.25, 0.3) is 11.1 Å². The van der Waals surface area contributed by atoms with Crippen molar-refractivity contribution >= 4 is 36.3 Å². The number of rotatable bonds is 3. The van der Waals surface area contributed by atoms with Crippen LogP contribution in [-0.4, -0.2) is 0 Å². The minimum Gasteiger partial charge on any atom is -0.297 e. The van der Waals surface area contributed by atoms with Gasteiger partial charge < -0.3 is 0 Å². The average molecular weight is 483 g/mol. The first-order valence-electron chi connectivity index (χ1n) is 12.5. The molecule has 5 aromatic carbocycles. The zero-order valence-electron chi connectivity index (χ0n) is 20.5. The first kappa shape index (κ1) is 21.4. The zero-order valence-corrected chi connectivity index (χ0v) is 21.4. The van der Waals surface area contributed by atoms with Gasteiger partial charge in [-0.05, 0) is 47.0 Å². The van der Waals surface area contributed by atoms with E-state index < -0.39 is 8.22 Å². The average Bonchev–Trinajstić information content (AvgIpc) is 3.40. The van der Waals surface area contributed by atoms with Crippen molar-refractivity contribution in [3.63, 3.8) is 0 Å². The highest BCUT2D eigenvalue weighted by Gasteiger charge is 2.43. The number of fused-ring (bicyclic) bond motifs is 4.